The molecule has 0 unspecified atom stereocenters. The van der Waals surface area contributed by atoms with Crippen LogP contribution >= 0.6 is 34.3 Å². The van der Waals surface area contributed by atoms with E-state index in [-0.39, 0.29) is 10.8 Å². The standard InChI is InChI=1S/C61H42N2S.C39H26ClNS.C22H17N.C5H12/c1-61(2)55-21-10-8-18-49(55)50-31-29-45(37-56(50)61)63-57-33-25-41(42-26-34-60-54(36-42)52-19-9-11-22-59(52)64-60)35-53(57)51-32-30-46(38-58(51)63)62(43-15-4-3-5-16-43)44-27-23-40(24-28-44)48-20-12-14-39-13-6-7-17-47(39)48;1-39(2)33-9-5-3-7-27(33)28-16-14-26(22-34(28)39)41-35-17-11-23(19-31(35)29-15-13-25(40)21-36(29)41)24-12-18-38-32(20-24)30-8-4-6-10-37(30)42-38;1-2-9-19(10-3-1)23-20-15-13-18(14-16-20)22-12-6-8-17-7-4-5-11-21(17)22;1-3-5-4-2/h3-38H,1-2H3;3-22H,1-2H3;1-16,23H;3-5H2,1-2H3. The van der Waals surface area contributed by atoms with E-state index >= 15 is 0 Å². The van der Waals surface area contributed by atoms with Gasteiger partial charge in [0, 0.05) is 118 Å². The molecule has 0 saturated carbocycles. The first-order valence-electron chi connectivity index (χ1n) is 46.8. The fourth-order valence-electron chi connectivity index (χ4n) is 21.1. The van der Waals surface area contributed by atoms with Gasteiger partial charge < -0.3 is 19.4 Å². The van der Waals surface area contributed by atoms with Gasteiger partial charge in [-0.25, -0.2) is 0 Å². The van der Waals surface area contributed by atoms with Crippen molar-refractivity contribution >= 4 is 168 Å². The SMILES string of the molecule is CC1(C)c2ccccc2-c2ccc(-n3c4ccc(-c5ccc6sc7ccccc7c6c5)cc4c4ccc(Cl)cc43)cc21.CC1(C)c2ccccc2-c2ccc(-n3c4ccc(-c5ccc6sc7ccccc7c6c5)cc4c4ccc(N(c5ccccc5)c5ccc(-c6cccc7ccccc67)cc5)cc43)cc21.CCCCC.c1ccc(Nc2ccc(-c3cccc4ccccc34)cc2)cc1. The summed E-state index contributed by atoms with van der Waals surface area (Å²) in [7, 11) is 0. The molecule has 0 bridgehead atoms. The van der Waals surface area contributed by atoms with E-state index in [4.69, 9.17) is 11.6 Å². The minimum Gasteiger partial charge on any atom is -0.356 e. The first kappa shape index (κ1) is 83.2. The van der Waals surface area contributed by atoms with E-state index in [2.05, 4.69) is 473 Å². The maximum atomic E-state index is 6.61. The quantitative estimate of drug-likeness (QED) is 0.124. The van der Waals surface area contributed by atoms with Crippen LogP contribution in [0.5, 0.6) is 0 Å². The zero-order valence-electron chi connectivity index (χ0n) is 75.7. The number of aromatic nitrogens is 2. The normalized spacial score (nSPS) is 12.6. The van der Waals surface area contributed by atoms with Gasteiger partial charge in [0.1, 0.15) is 0 Å². The molecular weight excluding hydrogens is 1680 g/mol. The van der Waals surface area contributed by atoms with Crippen LogP contribution in [0.25, 0.3) is 184 Å². The van der Waals surface area contributed by atoms with E-state index in [1.165, 1.54) is 214 Å². The number of benzene rings is 20. The molecule has 20 aromatic carbocycles. The predicted octanol–water partition coefficient (Wildman–Crippen LogP) is 37.6. The Balaban J connectivity index is 0.000000123. The molecule has 7 heteroatoms. The number of anilines is 5. The fraction of sp³-hybridized carbons (Fsp3) is 0.0866. The monoisotopic (exact) mass is 1780 g/mol. The van der Waals surface area contributed by atoms with E-state index in [9.17, 15) is 0 Å². The minimum atomic E-state index is -0.119. The second kappa shape index (κ2) is 34.5. The highest BCUT2D eigenvalue weighted by molar-refractivity contribution is 7.26. The summed E-state index contributed by atoms with van der Waals surface area (Å²) in [6.07, 6.45) is 4.08. The minimum absolute atomic E-state index is 0.0595. The Hall–Kier alpha value is -15.2. The van der Waals surface area contributed by atoms with Gasteiger partial charge in [-0.05, 0) is 268 Å². The summed E-state index contributed by atoms with van der Waals surface area (Å²) in [6.45, 7) is 13.8. The van der Waals surface area contributed by atoms with E-state index in [0.29, 0.717) is 0 Å². The number of unbranched alkanes of at least 4 members (excludes halogenated alkanes) is 2. The topological polar surface area (TPSA) is 25.1 Å². The van der Waals surface area contributed by atoms with Gasteiger partial charge in [-0.1, -0.05) is 351 Å². The maximum Gasteiger partial charge on any atom is 0.0561 e. The lowest BCUT2D eigenvalue weighted by atomic mass is 9.82. The van der Waals surface area contributed by atoms with Crippen LogP contribution in [0.15, 0.2) is 437 Å². The molecule has 26 rings (SSSR count). The van der Waals surface area contributed by atoms with Crippen LogP contribution in [0.1, 0.15) is 83.1 Å². The number of nitrogens with zero attached hydrogens (tertiary/aromatic N) is 3. The van der Waals surface area contributed by atoms with Crippen LogP contribution in [0.4, 0.5) is 28.4 Å². The van der Waals surface area contributed by atoms with Crippen LogP contribution in [0.2, 0.25) is 5.02 Å². The summed E-state index contributed by atoms with van der Waals surface area (Å²) in [4.78, 5) is 2.39. The van der Waals surface area contributed by atoms with E-state index in [1.54, 1.807) is 0 Å². The summed E-state index contributed by atoms with van der Waals surface area (Å²) in [5.41, 5.74) is 33.0. The molecule has 0 aliphatic heterocycles. The Kier molecular flexibility index (Phi) is 21.4. The molecule has 134 heavy (non-hydrogen) atoms. The van der Waals surface area contributed by atoms with Crippen LogP contribution in [-0.4, -0.2) is 9.13 Å². The number of thiophene rings is 2. The molecule has 0 amide bonds. The van der Waals surface area contributed by atoms with E-state index in [1.807, 2.05) is 46.9 Å². The summed E-state index contributed by atoms with van der Waals surface area (Å²) in [6, 6.07) is 159. The number of fused-ring (bicyclic) bond motifs is 20. The molecule has 4 heterocycles. The van der Waals surface area contributed by atoms with Crippen molar-refractivity contribution in [1.82, 2.24) is 9.13 Å². The summed E-state index contributed by atoms with van der Waals surface area (Å²) >= 11 is 10.3. The Morgan fingerprint density at radius 2 is 0.627 bits per heavy atom. The number of hydrogen-bond acceptors (Lipinski definition) is 4. The van der Waals surface area contributed by atoms with Crippen LogP contribution in [-0.2, 0) is 10.8 Å². The summed E-state index contributed by atoms with van der Waals surface area (Å²) in [5.74, 6) is 0. The molecule has 2 aliphatic rings. The highest BCUT2D eigenvalue weighted by Gasteiger charge is 2.38. The molecule has 644 valence electrons. The zero-order chi connectivity index (χ0) is 90.3. The third-order valence-electron chi connectivity index (χ3n) is 27.8. The van der Waals surface area contributed by atoms with E-state index < -0.39 is 0 Å². The molecule has 0 spiro atoms. The Morgan fingerprint density at radius 1 is 0.254 bits per heavy atom. The number of halogens is 1. The zero-order valence-corrected chi connectivity index (χ0v) is 78.1. The number of hydrogen-bond donors (Lipinski definition) is 1. The Bertz CT molecular complexity index is 8650. The highest BCUT2D eigenvalue weighted by Crippen LogP contribution is 2.53. The molecule has 4 aromatic heterocycles. The third kappa shape index (κ3) is 14.9. The first-order valence-corrected chi connectivity index (χ1v) is 48.8. The molecule has 4 nitrogen and oxygen atoms in total. The maximum absolute atomic E-state index is 6.61. The van der Waals surface area contributed by atoms with Gasteiger partial charge in [0.25, 0.3) is 0 Å². The van der Waals surface area contributed by atoms with Crippen molar-refractivity contribution in [2.24, 2.45) is 0 Å². The van der Waals surface area contributed by atoms with Crippen molar-refractivity contribution in [2.45, 2.75) is 71.6 Å². The Labute approximate surface area is 795 Å². The van der Waals surface area contributed by atoms with Gasteiger partial charge in [-0.3, -0.25) is 0 Å². The predicted molar refractivity (Wildman–Crippen MR) is 580 cm³/mol. The van der Waals surface area contributed by atoms with Crippen molar-refractivity contribution in [3.63, 3.8) is 0 Å². The lowest BCUT2D eigenvalue weighted by Gasteiger charge is -2.26. The van der Waals surface area contributed by atoms with Gasteiger partial charge in [-0.15, -0.1) is 22.7 Å². The molecule has 2 aliphatic carbocycles. The second-order valence-electron chi connectivity index (χ2n) is 36.6. The largest absolute Gasteiger partial charge is 0.356 e. The smallest absolute Gasteiger partial charge is 0.0561 e. The molecule has 24 aromatic rings. The number of para-hydroxylation sites is 2. The van der Waals surface area contributed by atoms with E-state index in [0.717, 1.165) is 44.7 Å². The number of rotatable bonds is 13. The summed E-state index contributed by atoms with van der Waals surface area (Å²) in [5, 5.41) is 19.4. The summed E-state index contributed by atoms with van der Waals surface area (Å²) < 4.78 is 10.2. The average molecular weight is 1780 g/mol. The fourth-order valence-corrected chi connectivity index (χ4v) is 23.4. The van der Waals surface area contributed by atoms with Crippen molar-refractivity contribution in [3.8, 4) is 78.1 Å². The van der Waals surface area contributed by atoms with Crippen LogP contribution in [0, 0.1) is 0 Å². The first-order chi connectivity index (χ1) is 65.8. The molecule has 1 N–H and O–H groups in total. The molecule has 0 saturated heterocycles. The van der Waals surface area contributed by atoms with Crippen LogP contribution < -0.4 is 10.2 Å². The molecule has 0 radical (unpaired) electrons. The third-order valence-corrected chi connectivity index (χ3v) is 30.3. The van der Waals surface area contributed by atoms with Crippen molar-refractivity contribution in [1.29, 1.82) is 0 Å². The van der Waals surface area contributed by atoms with Crippen LogP contribution in [0.3, 0.4) is 0 Å². The Morgan fingerprint density at radius 3 is 1.13 bits per heavy atom. The van der Waals surface area contributed by atoms with Gasteiger partial charge in [0.2, 0.25) is 0 Å². The molecule has 0 atom stereocenters. The van der Waals surface area contributed by atoms with Gasteiger partial charge >= 0.3 is 0 Å². The number of nitrogens with one attached hydrogen (secondary N) is 1. The van der Waals surface area contributed by atoms with Crippen molar-refractivity contribution < 1.29 is 0 Å². The average Bonchev–Trinajstić information content (AvgIpc) is 1.57. The van der Waals surface area contributed by atoms with Crippen molar-refractivity contribution in [3.05, 3.63) is 464 Å². The van der Waals surface area contributed by atoms with Gasteiger partial charge in [0.05, 0.1) is 22.1 Å². The second-order valence-corrected chi connectivity index (χ2v) is 39.2. The lowest BCUT2D eigenvalue weighted by Crippen LogP contribution is -2.15. The molecule has 0 fully saturated rings. The van der Waals surface area contributed by atoms with Gasteiger partial charge in [-0.2, -0.15) is 0 Å². The van der Waals surface area contributed by atoms with Gasteiger partial charge in [0.15, 0.2) is 0 Å². The van der Waals surface area contributed by atoms with Crippen molar-refractivity contribution in [2.75, 3.05) is 10.2 Å². The highest BCUT2D eigenvalue weighted by atomic mass is 35.5. The molecular formula is C127H97ClN4S2. The lowest BCUT2D eigenvalue weighted by molar-refractivity contribution is 0.660.